The van der Waals surface area contributed by atoms with Crippen LogP contribution in [0.2, 0.25) is 0 Å². The summed E-state index contributed by atoms with van der Waals surface area (Å²) in [5, 5.41) is 16.7. The van der Waals surface area contributed by atoms with Crippen LogP contribution in [0.15, 0.2) is 60.7 Å². The number of ether oxygens (including phenoxy) is 5. The highest BCUT2D eigenvalue weighted by molar-refractivity contribution is 5.85. The van der Waals surface area contributed by atoms with Gasteiger partial charge in [-0.1, -0.05) is 62.4 Å². The maximum atomic E-state index is 13.2. The van der Waals surface area contributed by atoms with Crippen LogP contribution in [0.5, 0.6) is 5.75 Å². The molecule has 2 aromatic rings. The van der Waals surface area contributed by atoms with Crippen LogP contribution in [0.1, 0.15) is 40.2 Å². The lowest BCUT2D eigenvalue weighted by Gasteiger charge is -2.43. The second-order valence-electron chi connectivity index (χ2n) is 11.0. The third kappa shape index (κ3) is 9.19. The first-order valence-corrected chi connectivity index (χ1v) is 13.5. The van der Waals surface area contributed by atoms with Gasteiger partial charge in [0.25, 0.3) is 0 Å². The molecule has 0 aliphatic carbocycles. The van der Waals surface area contributed by atoms with Crippen LogP contribution in [-0.4, -0.2) is 73.1 Å². The summed E-state index contributed by atoms with van der Waals surface area (Å²) < 4.78 is 29.3. The van der Waals surface area contributed by atoms with E-state index in [1.807, 2.05) is 62.4 Å². The standard InChI is InChI=1S/C30H42N2O8/c1-19(2)23(32-29(35)40-30(3,4)5)27(34)31-17-22-25(36-6)26(37-18-20-13-9-7-10-14-20)24(33)28(39-22)38-21-15-11-8-12-16-21/h7-16,19,22-26,28,33H,17-18H2,1-6H3,(H,31,34)(H,32,35)/t22-,23+,24-,25-,26-,28-/m1/s1. The lowest BCUT2D eigenvalue weighted by molar-refractivity contribution is -0.285. The summed E-state index contributed by atoms with van der Waals surface area (Å²) >= 11 is 0. The second kappa shape index (κ2) is 14.5. The lowest BCUT2D eigenvalue weighted by Crippen LogP contribution is -2.63. The van der Waals surface area contributed by atoms with E-state index in [0.29, 0.717) is 5.75 Å². The van der Waals surface area contributed by atoms with Crippen LogP contribution >= 0.6 is 0 Å². The number of benzene rings is 2. The summed E-state index contributed by atoms with van der Waals surface area (Å²) in [6.45, 7) is 9.15. The van der Waals surface area contributed by atoms with E-state index in [4.69, 9.17) is 23.7 Å². The summed E-state index contributed by atoms with van der Waals surface area (Å²) in [4.78, 5) is 25.5. The van der Waals surface area contributed by atoms with E-state index in [9.17, 15) is 14.7 Å². The van der Waals surface area contributed by atoms with Crippen molar-refractivity contribution in [3.05, 3.63) is 66.2 Å². The van der Waals surface area contributed by atoms with Gasteiger partial charge in [-0.05, 0) is 44.4 Å². The second-order valence-corrected chi connectivity index (χ2v) is 11.0. The molecule has 10 nitrogen and oxygen atoms in total. The Kier molecular flexibility index (Phi) is 11.3. The first kappa shape index (κ1) is 31.3. The molecule has 6 atom stereocenters. The average molecular weight is 559 g/mol. The lowest BCUT2D eigenvalue weighted by atomic mass is 9.97. The van der Waals surface area contributed by atoms with E-state index in [0.717, 1.165) is 5.56 Å². The van der Waals surface area contributed by atoms with Gasteiger partial charge in [0.1, 0.15) is 41.8 Å². The average Bonchev–Trinajstić information content (AvgIpc) is 2.90. The monoisotopic (exact) mass is 558 g/mol. The van der Waals surface area contributed by atoms with Crippen LogP contribution in [0.4, 0.5) is 4.79 Å². The van der Waals surface area contributed by atoms with Crippen LogP contribution in [0.3, 0.4) is 0 Å². The third-order valence-electron chi connectivity index (χ3n) is 6.27. The van der Waals surface area contributed by atoms with E-state index in [2.05, 4.69) is 10.6 Å². The van der Waals surface area contributed by atoms with Gasteiger partial charge >= 0.3 is 6.09 Å². The molecule has 1 heterocycles. The molecular formula is C30H42N2O8. The van der Waals surface area contributed by atoms with E-state index in [1.165, 1.54) is 7.11 Å². The number of carbonyl (C=O) groups excluding carboxylic acids is 2. The topological polar surface area (TPSA) is 125 Å². The highest BCUT2D eigenvalue weighted by Crippen LogP contribution is 2.28. The quantitative estimate of drug-likeness (QED) is 0.383. The number of carbonyl (C=O) groups is 2. The molecule has 10 heteroatoms. The summed E-state index contributed by atoms with van der Waals surface area (Å²) in [6, 6.07) is 17.7. The van der Waals surface area contributed by atoms with Gasteiger partial charge in [-0.3, -0.25) is 4.79 Å². The molecule has 1 aliphatic rings. The zero-order valence-corrected chi connectivity index (χ0v) is 24.0. The molecule has 0 aromatic heterocycles. The van der Waals surface area contributed by atoms with E-state index in [-0.39, 0.29) is 19.1 Å². The third-order valence-corrected chi connectivity index (χ3v) is 6.27. The zero-order chi connectivity index (χ0) is 29.3. The Hall–Kier alpha value is -3.18. The molecule has 2 amide bonds. The van der Waals surface area contributed by atoms with Crippen molar-refractivity contribution in [1.29, 1.82) is 0 Å². The Morgan fingerprint density at radius 2 is 1.62 bits per heavy atom. The number of nitrogens with one attached hydrogen (secondary N) is 2. The zero-order valence-electron chi connectivity index (χ0n) is 24.0. The van der Waals surface area contributed by atoms with Crippen LogP contribution in [0, 0.1) is 5.92 Å². The highest BCUT2D eigenvalue weighted by Gasteiger charge is 2.48. The smallest absolute Gasteiger partial charge is 0.408 e. The fraction of sp³-hybridized carbons (Fsp3) is 0.533. The van der Waals surface area contributed by atoms with Crippen molar-refractivity contribution in [1.82, 2.24) is 10.6 Å². The summed E-state index contributed by atoms with van der Waals surface area (Å²) in [5.74, 6) is -0.114. The van der Waals surface area contributed by atoms with Crippen LogP contribution < -0.4 is 15.4 Å². The fourth-order valence-electron chi connectivity index (χ4n) is 4.31. The van der Waals surface area contributed by atoms with Crippen molar-refractivity contribution >= 4 is 12.0 Å². The number of alkyl carbamates (subject to hydrolysis) is 1. The number of hydrogen-bond donors (Lipinski definition) is 3. The number of hydrogen-bond acceptors (Lipinski definition) is 8. The first-order chi connectivity index (χ1) is 19.0. The maximum absolute atomic E-state index is 13.2. The van der Waals surface area contributed by atoms with Gasteiger partial charge in [0, 0.05) is 13.7 Å². The highest BCUT2D eigenvalue weighted by atomic mass is 16.7. The van der Waals surface area contributed by atoms with Gasteiger partial charge in [-0.2, -0.15) is 0 Å². The number of rotatable bonds is 11. The fourth-order valence-corrected chi connectivity index (χ4v) is 4.31. The molecule has 0 bridgehead atoms. The molecule has 0 saturated carbocycles. The van der Waals surface area contributed by atoms with Gasteiger partial charge in [-0.15, -0.1) is 0 Å². The van der Waals surface area contributed by atoms with Crippen molar-refractivity contribution in [2.45, 2.75) is 83.6 Å². The van der Waals surface area contributed by atoms with E-state index in [1.54, 1.807) is 32.9 Å². The molecule has 3 N–H and O–H groups in total. The Balaban J connectivity index is 1.74. The normalized spacial score (nSPS) is 23.8. The molecule has 220 valence electrons. The van der Waals surface area contributed by atoms with Crippen LogP contribution in [0.25, 0.3) is 0 Å². The number of methoxy groups -OCH3 is 1. The molecule has 1 saturated heterocycles. The SMILES string of the molecule is CO[C@H]1[C@H](OCc2ccccc2)[C@@H](O)[C@H](Oc2ccccc2)O[C@@H]1CNC(=O)[C@@H](NC(=O)OC(C)(C)C)C(C)C. The van der Waals surface area contributed by atoms with Gasteiger partial charge in [0.05, 0.1) is 6.61 Å². The van der Waals surface area contributed by atoms with Crippen molar-refractivity contribution in [3.63, 3.8) is 0 Å². The Labute approximate surface area is 236 Å². The van der Waals surface area contributed by atoms with Crippen molar-refractivity contribution in [2.75, 3.05) is 13.7 Å². The Morgan fingerprint density at radius 1 is 1.00 bits per heavy atom. The first-order valence-electron chi connectivity index (χ1n) is 13.5. The largest absolute Gasteiger partial charge is 0.462 e. The molecule has 0 unspecified atom stereocenters. The molecule has 2 aromatic carbocycles. The Morgan fingerprint density at radius 3 is 2.20 bits per heavy atom. The van der Waals surface area contributed by atoms with E-state index >= 15 is 0 Å². The molecule has 1 fully saturated rings. The van der Waals surface area contributed by atoms with Gasteiger partial charge in [-0.25, -0.2) is 4.79 Å². The van der Waals surface area contributed by atoms with Crippen molar-refractivity contribution in [2.24, 2.45) is 5.92 Å². The number of amides is 2. The molecule has 0 spiro atoms. The summed E-state index contributed by atoms with van der Waals surface area (Å²) in [7, 11) is 1.49. The molecular weight excluding hydrogens is 516 g/mol. The van der Waals surface area contributed by atoms with Crippen LogP contribution in [-0.2, 0) is 30.3 Å². The van der Waals surface area contributed by atoms with Gasteiger partial charge < -0.3 is 39.4 Å². The van der Waals surface area contributed by atoms with Gasteiger partial charge in [0.2, 0.25) is 12.2 Å². The maximum Gasteiger partial charge on any atom is 0.408 e. The predicted octanol–water partition coefficient (Wildman–Crippen LogP) is 3.42. The Bertz CT molecular complexity index is 1060. The molecule has 3 rings (SSSR count). The minimum atomic E-state index is -1.18. The van der Waals surface area contributed by atoms with E-state index < -0.39 is 54.3 Å². The number of aliphatic hydroxyl groups is 1. The predicted molar refractivity (Wildman–Crippen MR) is 149 cm³/mol. The number of para-hydroxylation sites is 1. The molecule has 40 heavy (non-hydrogen) atoms. The summed E-state index contributed by atoms with van der Waals surface area (Å²) in [5.41, 5.74) is 0.224. The molecule has 1 aliphatic heterocycles. The minimum absolute atomic E-state index is 0.0170. The number of aliphatic hydroxyl groups excluding tert-OH is 1. The molecule has 0 radical (unpaired) electrons. The van der Waals surface area contributed by atoms with Gasteiger partial charge in [0.15, 0.2) is 0 Å². The van der Waals surface area contributed by atoms with Crippen molar-refractivity contribution in [3.8, 4) is 5.75 Å². The van der Waals surface area contributed by atoms with Crippen molar-refractivity contribution < 1.29 is 38.4 Å². The summed E-state index contributed by atoms with van der Waals surface area (Å²) in [6.07, 6.45) is -5.24. The minimum Gasteiger partial charge on any atom is -0.462 e.